The Morgan fingerprint density at radius 1 is 1.00 bits per heavy atom. The van der Waals surface area contributed by atoms with Crippen LogP contribution in [0.5, 0.6) is 5.75 Å². The number of ether oxygens (including phenoxy) is 1. The van der Waals surface area contributed by atoms with E-state index in [1.165, 1.54) is 24.4 Å². The lowest BCUT2D eigenvalue weighted by molar-refractivity contribution is -0.274. The van der Waals surface area contributed by atoms with Crippen molar-refractivity contribution in [2.75, 3.05) is 5.32 Å². The standard InChI is InChI=1S/C21H17F3N2O2/c1-13-6-8-17(10-14(13)2)26-20(27)16-7-9-19(25-12-16)15-4-3-5-18(11-15)28-21(22,23)24/h3-12H,1-2H3,(H,26,27). The summed E-state index contributed by atoms with van der Waals surface area (Å²) in [6.45, 7) is 3.94. The highest BCUT2D eigenvalue weighted by Crippen LogP contribution is 2.27. The quantitative estimate of drug-likeness (QED) is 0.643. The minimum absolute atomic E-state index is 0.323. The zero-order valence-electron chi connectivity index (χ0n) is 15.2. The summed E-state index contributed by atoms with van der Waals surface area (Å²) in [5, 5.41) is 2.80. The van der Waals surface area contributed by atoms with Gasteiger partial charge in [0.25, 0.3) is 5.91 Å². The van der Waals surface area contributed by atoms with E-state index >= 15 is 0 Å². The topological polar surface area (TPSA) is 51.2 Å². The maximum atomic E-state index is 12.4. The van der Waals surface area contributed by atoms with Crippen LogP contribution in [0.2, 0.25) is 0 Å². The van der Waals surface area contributed by atoms with Crippen molar-refractivity contribution in [3.8, 4) is 17.0 Å². The van der Waals surface area contributed by atoms with Crippen LogP contribution < -0.4 is 10.1 Å². The van der Waals surface area contributed by atoms with Gasteiger partial charge in [0.15, 0.2) is 0 Å². The second kappa shape index (κ2) is 7.72. The molecular formula is C21H17F3N2O2. The number of anilines is 1. The van der Waals surface area contributed by atoms with Gasteiger partial charge < -0.3 is 10.1 Å². The number of halogens is 3. The number of aromatic nitrogens is 1. The molecule has 0 atom stereocenters. The average Bonchev–Trinajstić information content (AvgIpc) is 2.64. The smallest absolute Gasteiger partial charge is 0.406 e. The molecule has 7 heteroatoms. The molecule has 144 valence electrons. The molecule has 3 aromatic rings. The Hall–Kier alpha value is -3.35. The lowest BCUT2D eigenvalue weighted by Gasteiger charge is -2.10. The van der Waals surface area contributed by atoms with Gasteiger partial charge in [0.2, 0.25) is 0 Å². The first kappa shape index (κ1) is 19.4. The number of carbonyl (C=O) groups is 1. The molecule has 0 saturated heterocycles. The van der Waals surface area contributed by atoms with E-state index < -0.39 is 6.36 Å². The first-order chi connectivity index (χ1) is 13.2. The fraction of sp³-hybridized carbons (Fsp3) is 0.143. The van der Waals surface area contributed by atoms with Gasteiger partial charge in [-0.15, -0.1) is 13.2 Å². The molecule has 3 rings (SSSR count). The van der Waals surface area contributed by atoms with E-state index in [9.17, 15) is 18.0 Å². The zero-order chi connectivity index (χ0) is 20.3. The molecule has 0 unspecified atom stereocenters. The molecule has 4 nitrogen and oxygen atoms in total. The Labute approximate surface area is 160 Å². The Kier molecular flexibility index (Phi) is 5.35. The summed E-state index contributed by atoms with van der Waals surface area (Å²) in [4.78, 5) is 16.6. The molecule has 1 amide bonds. The number of benzene rings is 2. The molecule has 0 bridgehead atoms. The van der Waals surface area contributed by atoms with Crippen LogP contribution in [0.4, 0.5) is 18.9 Å². The van der Waals surface area contributed by atoms with Crippen LogP contribution in [0.3, 0.4) is 0 Å². The summed E-state index contributed by atoms with van der Waals surface area (Å²) >= 11 is 0. The van der Waals surface area contributed by atoms with Crippen molar-refractivity contribution < 1.29 is 22.7 Å². The van der Waals surface area contributed by atoms with Gasteiger partial charge in [-0.2, -0.15) is 0 Å². The molecule has 2 aromatic carbocycles. The molecule has 0 fully saturated rings. The van der Waals surface area contributed by atoms with E-state index in [1.54, 1.807) is 18.2 Å². The minimum Gasteiger partial charge on any atom is -0.406 e. The fourth-order valence-corrected chi connectivity index (χ4v) is 2.57. The predicted octanol–water partition coefficient (Wildman–Crippen LogP) is 5.52. The van der Waals surface area contributed by atoms with E-state index in [4.69, 9.17) is 0 Å². The number of rotatable bonds is 4. The van der Waals surface area contributed by atoms with Gasteiger partial charge in [0, 0.05) is 17.4 Å². The van der Waals surface area contributed by atoms with Crippen molar-refractivity contribution in [1.82, 2.24) is 4.98 Å². The Morgan fingerprint density at radius 3 is 2.43 bits per heavy atom. The maximum Gasteiger partial charge on any atom is 0.573 e. The van der Waals surface area contributed by atoms with Gasteiger partial charge in [-0.25, -0.2) is 0 Å². The summed E-state index contributed by atoms with van der Waals surface area (Å²) < 4.78 is 41.0. The molecule has 0 aliphatic rings. The molecule has 0 spiro atoms. The Bertz CT molecular complexity index is 999. The zero-order valence-corrected chi connectivity index (χ0v) is 15.2. The molecular weight excluding hydrogens is 369 g/mol. The molecule has 1 heterocycles. The van der Waals surface area contributed by atoms with E-state index in [0.717, 1.165) is 11.1 Å². The van der Waals surface area contributed by atoms with Crippen molar-refractivity contribution in [2.45, 2.75) is 20.2 Å². The number of amides is 1. The highest BCUT2D eigenvalue weighted by atomic mass is 19.4. The van der Waals surface area contributed by atoms with Crippen LogP contribution in [-0.4, -0.2) is 17.3 Å². The molecule has 0 saturated carbocycles. The van der Waals surface area contributed by atoms with Crippen LogP contribution >= 0.6 is 0 Å². The largest absolute Gasteiger partial charge is 0.573 e. The second-order valence-electron chi connectivity index (χ2n) is 6.26. The second-order valence-corrected chi connectivity index (χ2v) is 6.26. The van der Waals surface area contributed by atoms with Crippen LogP contribution in [0.15, 0.2) is 60.8 Å². The van der Waals surface area contributed by atoms with Gasteiger partial charge in [-0.3, -0.25) is 9.78 Å². The maximum absolute atomic E-state index is 12.4. The molecule has 1 N–H and O–H groups in total. The van der Waals surface area contributed by atoms with E-state index in [0.29, 0.717) is 22.5 Å². The first-order valence-corrected chi connectivity index (χ1v) is 8.42. The van der Waals surface area contributed by atoms with Crippen LogP contribution in [-0.2, 0) is 0 Å². The lowest BCUT2D eigenvalue weighted by atomic mass is 10.1. The van der Waals surface area contributed by atoms with Gasteiger partial charge in [-0.05, 0) is 61.4 Å². The first-order valence-electron chi connectivity index (χ1n) is 8.42. The molecule has 1 aromatic heterocycles. The summed E-state index contributed by atoms with van der Waals surface area (Å²) in [6, 6.07) is 14.3. The summed E-state index contributed by atoms with van der Waals surface area (Å²) in [5.41, 5.74) is 4.07. The van der Waals surface area contributed by atoms with Crippen molar-refractivity contribution in [2.24, 2.45) is 0 Å². The van der Waals surface area contributed by atoms with E-state index in [1.807, 2.05) is 32.0 Å². The molecule has 28 heavy (non-hydrogen) atoms. The SMILES string of the molecule is Cc1ccc(NC(=O)c2ccc(-c3cccc(OC(F)(F)F)c3)nc2)cc1C. The minimum atomic E-state index is -4.76. The number of pyridine rings is 1. The monoisotopic (exact) mass is 386 g/mol. The van der Waals surface area contributed by atoms with Gasteiger partial charge >= 0.3 is 6.36 Å². The summed E-state index contributed by atoms with van der Waals surface area (Å²) in [5.74, 6) is -0.653. The predicted molar refractivity (Wildman–Crippen MR) is 100 cm³/mol. The normalized spacial score (nSPS) is 11.2. The lowest BCUT2D eigenvalue weighted by Crippen LogP contribution is -2.17. The van der Waals surface area contributed by atoms with Crippen LogP contribution in [0.25, 0.3) is 11.3 Å². The van der Waals surface area contributed by atoms with Gasteiger partial charge in [-0.1, -0.05) is 18.2 Å². The number of carbonyl (C=O) groups excluding carboxylic acids is 1. The number of nitrogens with one attached hydrogen (secondary N) is 1. The summed E-state index contributed by atoms with van der Waals surface area (Å²) in [7, 11) is 0. The Balaban J connectivity index is 1.75. The van der Waals surface area contributed by atoms with Gasteiger partial charge in [0.1, 0.15) is 5.75 Å². The highest BCUT2D eigenvalue weighted by molar-refractivity contribution is 6.04. The van der Waals surface area contributed by atoms with Gasteiger partial charge in [0.05, 0.1) is 11.3 Å². The highest BCUT2D eigenvalue weighted by Gasteiger charge is 2.31. The van der Waals surface area contributed by atoms with Crippen molar-refractivity contribution >= 4 is 11.6 Å². The number of hydrogen-bond acceptors (Lipinski definition) is 3. The number of nitrogens with zero attached hydrogens (tertiary/aromatic N) is 1. The number of aryl methyl sites for hydroxylation is 2. The van der Waals surface area contributed by atoms with E-state index in [-0.39, 0.29) is 11.7 Å². The third-order valence-corrected chi connectivity index (χ3v) is 4.15. The molecule has 0 radical (unpaired) electrons. The average molecular weight is 386 g/mol. The third kappa shape index (κ3) is 4.88. The summed E-state index contributed by atoms with van der Waals surface area (Å²) in [6.07, 6.45) is -3.38. The van der Waals surface area contributed by atoms with Crippen LogP contribution in [0, 0.1) is 13.8 Å². The Morgan fingerprint density at radius 2 is 1.79 bits per heavy atom. The number of hydrogen-bond donors (Lipinski definition) is 1. The van der Waals surface area contributed by atoms with Crippen LogP contribution in [0.1, 0.15) is 21.5 Å². The third-order valence-electron chi connectivity index (χ3n) is 4.15. The van der Waals surface area contributed by atoms with Crippen molar-refractivity contribution in [3.63, 3.8) is 0 Å². The molecule has 0 aliphatic carbocycles. The van der Waals surface area contributed by atoms with E-state index in [2.05, 4.69) is 15.0 Å². The fourth-order valence-electron chi connectivity index (χ4n) is 2.57. The number of alkyl halides is 3. The van der Waals surface area contributed by atoms with Crippen molar-refractivity contribution in [3.05, 3.63) is 77.5 Å². The van der Waals surface area contributed by atoms with Crippen molar-refractivity contribution in [1.29, 1.82) is 0 Å². The molecule has 0 aliphatic heterocycles.